The predicted octanol–water partition coefficient (Wildman–Crippen LogP) is 2.48. The standard InChI is InChI=1S/C24H31N3O6S/c1-16(2)27-23(29)20-11-7-6-10-19(20)22(25-27)24(30)33-14-21(28)26(17-8-4-3-5-9-17)18-12-13-34(31,32)15-18/h6-7,10-11,16-18H,3-5,8-9,12-15H2,1-2H3. The summed E-state index contributed by atoms with van der Waals surface area (Å²) >= 11 is 0. The zero-order valence-corrected chi connectivity index (χ0v) is 20.4. The first-order valence-electron chi connectivity index (χ1n) is 11.9. The van der Waals surface area contributed by atoms with Crippen molar-refractivity contribution < 1.29 is 22.7 Å². The molecule has 1 aliphatic heterocycles. The molecule has 1 saturated heterocycles. The molecule has 2 aromatic rings. The Balaban J connectivity index is 1.56. The summed E-state index contributed by atoms with van der Waals surface area (Å²) in [5, 5.41) is 4.95. The number of benzene rings is 1. The number of aromatic nitrogens is 2. The summed E-state index contributed by atoms with van der Waals surface area (Å²) in [7, 11) is -3.17. The molecule has 0 N–H and O–H groups in total. The van der Waals surface area contributed by atoms with Gasteiger partial charge in [-0.15, -0.1) is 0 Å². The number of fused-ring (bicyclic) bond motifs is 1. The van der Waals surface area contributed by atoms with Crippen LogP contribution in [0, 0.1) is 0 Å². The second-order valence-corrected chi connectivity index (χ2v) is 11.7. The van der Waals surface area contributed by atoms with Gasteiger partial charge in [0.2, 0.25) is 0 Å². The van der Waals surface area contributed by atoms with Gasteiger partial charge in [-0.2, -0.15) is 5.10 Å². The third kappa shape index (κ3) is 5.01. The van der Waals surface area contributed by atoms with Crippen LogP contribution in [0.15, 0.2) is 29.1 Å². The first-order chi connectivity index (χ1) is 16.2. The molecule has 0 radical (unpaired) electrons. The van der Waals surface area contributed by atoms with Crippen molar-refractivity contribution in [3.8, 4) is 0 Å². The molecule has 0 spiro atoms. The van der Waals surface area contributed by atoms with E-state index in [0.29, 0.717) is 17.2 Å². The highest BCUT2D eigenvalue weighted by Crippen LogP contribution is 2.28. The lowest BCUT2D eigenvalue weighted by Gasteiger charge is -2.38. The molecular weight excluding hydrogens is 458 g/mol. The van der Waals surface area contributed by atoms with E-state index in [0.717, 1.165) is 32.1 Å². The van der Waals surface area contributed by atoms with Gasteiger partial charge >= 0.3 is 5.97 Å². The van der Waals surface area contributed by atoms with Gasteiger partial charge in [-0.25, -0.2) is 17.9 Å². The van der Waals surface area contributed by atoms with Crippen LogP contribution < -0.4 is 5.56 Å². The van der Waals surface area contributed by atoms with E-state index in [-0.39, 0.29) is 46.8 Å². The maximum Gasteiger partial charge on any atom is 0.359 e. The molecule has 2 heterocycles. The molecular formula is C24H31N3O6S. The molecule has 2 aliphatic rings. The van der Waals surface area contributed by atoms with Crippen LogP contribution in [-0.4, -0.2) is 65.2 Å². The Hall–Kier alpha value is -2.75. The van der Waals surface area contributed by atoms with Gasteiger partial charge in [-0.05, 0) is 39.2 Å². The molecule has 34 heavy (non-hydrogen) atoms. The SMILES string of the molecule is CC(C)n1nc(C(=O)OCC(=O)N(C2CCCCC2)C2CCS(=O)(=O)C2)c2ccccc2c1=O. The highest BCUT2D eigenvalue weighted by Gasteiger charge is 2.38. The van der Waals surface area contributed by atoms with Crippen molar-refractivity contribution in [2.45, 2.75) is 70.5 Å². The third-order valence-corrected chi connectivity index (χ3v) is 8.45. The fraction of sp³-hybridized carbons (Fsp3) is 0.583. The number of hydrogen-bond donors (Lipinski definition) is 0. The summed E-state index contributed by atoms with van der Waals surface area (Å²) in [4.78, 5) is 40.6. The Morgan fingerprint density at radius 1 is 1.09 bits per heavy atom. The van der Waals surface area contributed by atoms with Crippen LogP contribution in [0.4, 0.5) is 0 Å². The van der Waals surface area contributed by atoms with Crippen LogP contribution in [-0.2, 0) is 19.4 Å². The molecule has 10 heteroatoms. The lowest BCUT2D eigenvalue weighted by atomic mass is 9.93. The maximum absolute atomic E-state index is 13.2. The van der Waals surface area contributed by atoms with Crippen molar-refractivity contribution in [2.75, 3.05) is 18.1 Å². The Bertz CT molecular complexity index is 1250. The topological polar surface area (TPSA) is 116 Å². The summed E-state index contributed by atoms with van der Waals surface area (Å²) in [5.41, 5.74) is -0.325. The Morgan fingerprint density at radius 2 is 1.76 bits per heavy atom. The first-order valence-corrected chi connectivity index (χ1v) is 13.7. The van der Waals surface area contributed by atoms with E-state index >= 15 is 0 Å². The van der Waals surface area contributed by atoms with Gasteiger partial charge in [0.1, 0.15) is 0 Å². The number of hydrogen-bond acceptors (Lipinski definition) is 7. The fourth-order valence-electron chi connectivity index (χ4n) is 5.04. The average Bonchev–Trinajstić information content (AvgIpc) is 3.17. The minimum Gasteiger partial charge on any atom is -0.451 e. The summed E-state index contributed by atoms with van der Waals surface area (Å²) in [6, 6.07) is 5.98. The van der Waals surface area contributed by atoms with Gasteiger partial charge in [0, 0.05) is 17.5 Å². The molecule has 1 unspecified atom stereocenters. The quantitative estimate of drug-likeness (QED) is 0.573. The van der Waals surface area contributed by atoms with Crippen molar-refractivity contribution in [1.82, 2.24) is 14.7 Å². The first kappa shape index (κ1) is 24.4. The zero-order valence-electron chi connectivity index (χ0n) is 19.6. The molecule has 9 nitrogen and oxygen atoms in total. The molecule has 1 atom stereocenters. The van der Waals surface area contributed by atoms with Gasteiger partial charge in [0.05, 0.1) is 22.9 Å². The van der Waals surface area contributed by atoms with Gasteiger partial charge < -0.3 is 9.64 Å². The minimum atomic E-state index is -3.17. The zero-order chi connectivity index (χ0) is 24.5. The average molecular weight is 490 g/mol. The van der Waals surface area contributed by atoms with Crippen molar-refractivity contribution >= 4 is 32.5 Å². The van der Waals surface area contributed by atoms with Crippen LogP contribution >= 0.6 is 0 Å². The number of amides is 1. The second kappa shape index (κ2) is 9.85. The minimum absolute atomic E-state index is 0.0237. The van der Waals surface area contributed by atoms with Crippen molar-refractivity contribution in [3.63, 3.8) is 0 Å². The molecule has 1 amide bonds. The van der Waals surface area contributed by atoms with E-state index in [1.54, 1.807) is 43.0 Å². The van der Waals surface area contributed by atoms with E-state index in [9.17, 15) is 22.8 Å². The van der Waals surface area contributed by atoms with E-state index in [4.69, 9.17) is 4.74 Å². The highest BCUT2D eigenvalue weighted by molar-refractivity contribution is 7.91. The summed E-state index contributed by atoms with van der Waals surface area (Å²) in [6.07, 6.45) is 5.12. The molecule has 1 aliphatic carbocycles. The lowest BCUT2D eigenvalue weighted by molar-refractivity contribution is -0.140. The molecule has 4 rings (SSSR count). The highest BCUT2D eigenvalue weighted by atomic mass is 32.2. The van der Waals surface area contributed by atoms with Gasteiger partial charge in [0.25, 0.3) is 11.5 Å². The fourth-order valence-corrected chi connectivity index (χ4v) is 6.75. The summed E-state index contributed by atoms with van der Waals surface area (Å²) in [6.45, 7) is 3.09. The second-order valence-electron chi connectivity index (χ2n) is 9.46. The van der Waals surface area contributed by atoms with Crippen LogP contribution in [0.5, 0.6) is 0 Å². The normalized spacial score (nSPS) is 20.5. The van der Waals surface area contributed by atoms with E-state index in [2.05, 4.69) is 5.10 Å². The third-order valence-electron chi connectivity index (χ3n) is 6.70. The van der Waals surface area contributed by atoms with Crippen LogP contribution in [0.25, 0.3) is 10.8 Å². The van der Waals surface area contributed by atoms with Crippen LogP contribution in [0.3, 0.4) is 0 Å². The number of rotatable bonds is 6. The molecule has 0 bridgehead atoms. The van der Waals surface area contributed by atoms with E-state index < -0.39 is 22.4 Å². The largest absolute Gasteiger partial charge is 0.451 e. The molecule has 184 valence electrons. The van der Waals surface area contributed by atoms with Gasteiger partial charge in [0.15, 0.2) is 22.1 Å². The molecule has 1 aromatic carbocycles. The van der Waals surface area contributed by atoms with Crippen molar-refractivity contribution in [2.24, 2.45) is 0 Å². The summed E-state index contributed by atoms with van der Waals surface area (Å²) in [5.74, 6) is -1.15. The molecule has 1 saturated carbocycles. The Morgan fingerprint density at radius 3 is 2.38 bits per heavy atom. The summed E-state index contributed by atoms with van der Waals surface area (Å²) < 4.78 is 30.8. The van der Waals surface area contributed by atoms with Crippen LogP contribution in [0.1, 0.15) is 68.9 Å². The van der Waals surface area contributed by atoms with E-state index in [1.165, 1.54) is 4.68 Å². The van der Waals surface area contributed by atoms with Gasteiger partial charge in [-0.1, -0.05) is 37.5 Å². The molecule has 2 fully saturated rings. The number of ether oxygens (including phenoxy) is 1. The smallest absolute Gasteiger partial charge is 0.359 e. The van der Waals surface area contributed by atoms with Crippen molar-refractivity contribution in [3.05, 3.63) is 40.3 Å². The maximum atomic E-state index is 13.2. The number of nitrogens with zero attached hydrogens (tertiary/aromatic N) is 3. The molecule has 1 aromatic heterocycles. The number of sulfone groups is 1. The lowest BCUT2D eigenvalue weighted by Crippen LogP contribution is -2.50. The van der Waals surface area contributed by atoms with Crippen LogP contribution in [0.2, 0.25) is 0 Å². The van der Waals surface area contributed by atoms with E-state index in [1.807, 2.05) is 0 Å². The van der Waals surface area contributed by atoms with Crippen molar-refractivity contribution in [1.29, 1.82) is 0 Å². The number of carbonyl (C=O) groups is 2. The predicted molar refractivity (Wildman–Crippen MR) is 127 cm³/mol. The number of carbonyl (C=O) groups excluding carboxylic acids is 2. The Labute approximate surface area is 199 Å². The van der Waals surface area contributed by atoms with Gasteiger partial charge in [-0.3, -0.25) is 9.59 Å². The Kier molecular flexibility index (Phi) is 7.06. The number of esters is 1. The monoisotopic (exact) mass is 489 g/mol.